The van der Waals surface area contributed by atoms with Crippen molar-refractivity contribution in [2.45, 2.75) is 58.5 Å². The Labute approximate surface area is 184 Å². The van der Waals surface area contributed by atoms with Crippen LogP contribution in [-0.4, -0.2) is 75.2 Å². The Morgan fingerprint density at radius 3 is 2.57 bits per heavy atom. The summed E-state index contributed by atoms with van der Waals surface area (Å²) in [5, 5.41) is 6.93. The Morgan fingerprint density at radius 2 is 1.90 bits per heavy atom. The zero-order valence-corrected chi connectivity index (χ0v) is 19.8. The van der Waals surface area contributed by atoms with Gasteiger partial charge in [-0.1, -0.05) is 18.2 Å². The monoisotopic (exact) mass is 417 g/mol. The van der Waals surface area contributed by atoms with E-state index in [2.05, 4.69) is 66.5 Å². The number of unbranched alkanes of at least 4 members (excludes halogenated alkanes) is 1. The van der Waals surface area contributed by atoms with Crippen LogP contribution in [0.4, 0.5) is 0 Å². The molecule has 170 valence electrons. The summed E-state index contributed by atoms with van der Waals surface area (Å²) in [5.41, 5.74) is 1.23. The van der Waals surface area contributed by atoms with Gasteiger partial charge in [0, 0.05) is 24.7 Å². The van der Waals surface area contributed by atoms with Gasteiger partial charge in [-0.15, -0.1) is 0 Å². The van der Waals surface area contributed by atoms with E-state index >= 15 is 0 Å². The van der Waals surface area contributed by atoms with Crippen LogP contribution in [0.3, 0.4) is 0 Å². The predicted molar refractivity (Wildman–Crippen MR) is 128 cm³/mol. The molecule has 0 saturated carbocycles. The first-order valence-electron chi connectivity index (χ1n) is 11.7. The normalized spacial score (nSPS) is 16.3. The Hall–Kier alpha value is -1.79. The van der Waals surface area contributed by atoms with E-state index in [9.17, 15) is 0 Å². The first kappa shape index (κ1) is 24.5. The fraction of sp³-hybridized carbons (Fsp3) is 0.708. The molecule has 1 atom stereocenters. The number of guanidine groups is 1. The zero-order valence-electron chi connectivity index (χ0n) is 19.8. The molecule has 0 aromatic heterocycles. The van der Waals surface area contributed by atoms with Crippen molar-refractivity contribution in [3.8, 4) is 5.75 Å². The predicted octanol–water partition coefficient (Wildman–Crippen LogP) is 3.51. The number of rotatable bonds is 12. The van der Waals surface area contributed by atoms with Crippen molar-refractivity contribution in [3.05, 3.63) is 29.8 Å². The van der Waals surface area contributed by atoms with Crippen LogP contribution >= 0.6 is 0 Å². The summed E-state index contributed by atoms with van der Waals surface area (Å²) in [6.07, 6.45) is 4.86. The lowest BCUT2D eigenvalue weighted by molar-refractivity contribution is 0.245. The van der Waals surface area contributed by atoms with E-state index in [1.165, 1.54) is 24.8 Å². The maximum Gasteiger partial charge on any atom is 0.191 e. The van der Waals surface area contributed by atoms with Gasteiger partial charge in [0.05, 0.1) is 19.7 Å². The molecule has 1 aromatic rings. The smallest absolute Gasteiger partial charge is 0.191 e. The number of nitrogens with one attached hydrogen (secondary N) is 2. The van der Waals surface area contributed by atoms with Crippen molar-refractivity contribution in [2.24, 2.45) is 4.99 Å². The number of hydrogen-bond donors (Lipinski definition) is 2. The average Bonchev–Trinajstić information content (AvgIpc) is 3.28. The summed E-state index contributed by atoms with van der Waals surface area (Å²) in [6.45, 7) is 12.5. The van der Waals surface area contributed by atoms with Crippen LogP contribution in [-0.2, 0) is 0 Å². The summed E-state index contributed by atoms with van der Waals surface area (Å²) in [4.78, 5) is 9.90. The number of likely N-dealkylation sites (tertiary alicyclic amines) is 1. The van der Waals surface area contributed by atoms with E-state index in [1.54, 1.807) is 7.11 Å². The Kier molecular flexibility index (Phi) is 11.0. The highest BCUT2D eigenvalue weighted by Crippen LogP contribution is 2.31. The van der Waals surface area contributed by atoms with Crippen molar-refractivity contribution in [3.63, 3.8) is 0 Å². The van der Waals surface area contributed by atoms with Crippen LogP contribution in [0.15, 0.2) is 29.3 Å². The molecule has 1 unspecified atom stereocenters. The molecule has 2 N–H and O–H groups in total. The number of benzene rings is 1. The Morgan fingerprint density at radius 1 is 1.17 bits per heavy atom. The molecule has 1 saturated heterocycles. The molecule has 0 amide bonds. The minimum atomic E-state index is 0.249. The third-order valence-electron chi connectivity index (χ3n) is 5.96. The SMILES string of the molecule is CCNC(=NCC(c1ccccc1OC)N1CCCC1)NCCCCN(C)C(C)C. The third-order valence-corrected chi connectivity index (χ3v) is 5.96. The van der Waals surface area contributed by atoms with Crippen molar-refractivity contribution in [2.75, 3.05) is 53.4 Å². The maximum atomic E-state index is 5.66. The molecule has 6 nitrogen and oxygen atoms in total. The van der Waals surface area contributed by atoms with Crippen LogP contribution in [0.25, 0.3) is 0 Å². The van der Waals surface area contributed by atoms with Crippen molar-refractivity contribution >= 4 is 5.96 Å². The molecule has 1 aromatic carbocycles. The summed E-state index contributed by atoms with van der Waals surface area (Å²) >= 11 is 0. The van der Waals surface area contributed by atoms with E-state index < -0.39 is 0 Å². The number of ether oxygens (including phenoxy) is 1. The van der Waals surface area contributed by atoms with Gasteiger partial charge in [0.25, 0.3) is 0 Å². The molecule has 2 rings (SSSR count). The fourth-order valence-electron chi connectivity index (χ4n) is 3.88. The van der Waals surface area contributed by atoms with E-state index in [0.717, 1.165) is 57.4 Å². The molecule has 30 heavy (non-hydrogen) atoms. The van der Waals surface area contributed by atoms with Gasteiger partial charge in [0.15, 0.2) is 5.96 Å². The first-order chi connectivity index (χ1) is 14.6. The quantitative estimate of drug-likeness (QED) is 0.310. The lowest BCUT2D eigenvalue weighted by Crippen LogP contribution is -2.39. The standard InChI is InChI=1S/C24H43N5O/c1-6-25-24(26-15-9-10-16-28(4)20(2)3)27-19-22(29-17-11-12-18-29)21-13-7-8-14-23(21)30-5/h7-8,13-14,20,22H,6,9-12,15-19H2,1-5H3,(H2,25,26,27). The van der Waals surface area contributed by atoms with Gasteiger partial charge in [-0.3, -0.25) is 9.89 Å². The molecular formula is C24H43N5O. The second kappa shape index (κ2) is 13.5. The molecule has 6 heteroatoms. The van der Waals surface area contributed by atoms with Crippen molar-refractivity contribution in [1.82, 2.24) is 20.4 Å². The topological polar surface area (TPSA) is 52.1 Å². The fourth-order valence-corrected chi connectivity index (χ4v) is 3.88. The van der Waals surface area contributed by atoms with E-state index in [1.807, 2.05) is 6.07 Å². The highest BCUT2D eigenvalue weighted by atomic mass is 16.5. The van der Waals surface area contributed by atoms with Crippen LogP contribution < -0.4 is 15.4 Å². The van der Waals surface area contributed by atoms with Gasteiger partial charge in [-0.05, 0) is 79.2 Å². The minimum Gasteiger partial charge on any atom is -0.496 e. The van der Waals surface area contributed by atoms with Gasteiger partial charge in [-0.25, -0.2) is 0 Å². The first-order valence-corrected chi connectivity index (χ1v) is 11.7. The highest BCUT2D eigenvalue weighted by molar-refractivity contribution is 5.79. The van der Waals surface area contributed by atoms with Crippen LogP contribution in [0.1, 0.15) is 58.1 Å². The molecule has 0 bridgehead atoms. The molecule has 0 aliphatic carbocycles. The van der Waals surface area contributed by atoms with Gasteiger partial charge in [-0.2, -0.15) is 0 Å². The van der Waals surface area contributed by atoms with Crippen molar-refractivity contribution < 1.29 is 4.74 Å². The number of hydrogen-bond acceptors (Lipinski definition) is 4. The number of para-hydroxylation sites is 1. The van der Waals surface area contributed by atoms with Gasteiger partial charge in [0.2, 0.25) is 0 Å². The third kappa shape index (κ3) is 7.80. The largest absolute Gasteiger partial charge is 0.496 e. The van der Waals surface area contributed by atoms with Crippen molar-refractivity contribution in [1.29, 1.82) is 0 Å². The van der Waals surface area contributed by atoms with Gasteiger partial charge >= 0.3 is 0 Å². The molecule has 1 heterocycles. The van der Waals surface area contributed by atoms with Crippen LogP contribution in [0.2, 0.25) is 0 Å². The Balaban J connectivity index is 1.97. The minimum absolute atomic E-state index is 0.249. The molecular weight excluding hydrogens is 374 g/mol. The van der Waals surface area contributed by atoms with E-state index in [4.69, 9.17) is 9.73 Å². The van der Waals surface area contributed by atoms with Crippen LogP contribution in [0, 0.1) is 0 Å². The summed E-state index contributed by atoms with van der Waals surface area (Å²) in [7, 11) is 3.95. The lowest BCUT2D eigenvalue weighted by atomic mass is 10.0. The molecule has 1 aliphatic rings. The molecule has 0 spiro atoms. The van der Waals surface area contributed by atoms with Gasteiger partial charge < -0.3 is 20.3 Å². The molecule has 1 fully saturated rings. The zero-order chi connectivity index (χ0) is 21.8. The van der Waals surface area contributed by atoms with E-state index in [0.29, 0.717) is 6.04 Å². The molecule has 0 radical (unpaired) electrons. The maximum absolute atomic E-state index is 5.66. The average molecular weight is 418 g/mol. The summed E-state index contributed by atoms with van der Waals surface area (Å²) in [5.74, 6) is 1.87. The van der Waals surface area contributed by atoms with Crippen LogP contribution in [0.5, 0.6) is 5.75 Å². The number of methoxy groups -OCH3 is 1. The lowest BCUT2D eigenvalue weighted by Gasteiger charge is -2.28. The summed E-state index contributed by atoms with van der Waals surface area (Å²) < 4.78 is 5.66. The molecule has 1 aliphatic heterocycles. The second-order valence-electron chi connectivity index (χ2n) is 8.43. The van der Waals surface area contributed by atoms with Gasteiger partial charge in [0.1, 0.15) is 5.75 Å². The Bertz CT molecular complexity index is 628. The second-order valence-corrected chi connectivity index (χ2v) is 8.43. The number of aliphatic imine (C=N–C) groups is 1. The van der Waals surface area contributed by atoms with E-state index in [-0.39, 0.29) is 6.04 Å². The highest BCUT2D eigenvalue weighted by Gasteiger charge is 2.25. The summed E-state index contributed by atoms with van der Waals surface area (Å²) in [6, 6.07) is 9.23. The number of nitrogens with zero attached hydrogens (tertiary/aromatic N) is 3.